The Morgan fingerprint density at radius 3 is 2.90 bits per heavy atom. The summed E-state index contributed by atoms with van der Waals surface area (Å²) in [5.74, 6) is 0.157. The monoisotopic (exact) mass is 361 g/mol. The Kier molecular flexibility index (Phi) is 8.93. The zero-order valence-electron chi connectivity index (χ0n) is 11.8. The van der Waals surface area contributed by atoms with Gasteiger partial charge in [0.15, 0.2) is 0 Å². The molecule has 1 N–H and O–H groups in total. The topological polar surface area (TPSA) is 47.6 Å². The SMILES string of the molecule is CCOC(=O)CSc1ccc(CNCCOC)c(Br)c1. The summed E-state index contributed by atoms with van der Waals surface area (Å²) in [6.45, 7) is 4.54. The van der Waals surface area contributed by atoms with Crippen molar-refractivity contribution in [1.29, 1.82) is 0 Å². The normalized spacial score (nSPS) is 10.6. The van der Waals surface area contributed by atoms with Gasteiger partial charge in [0.2, 0.25) is 0 Å². The van der Waals surface area contributed by atoms with Gasteiger partial charge in [-0.25, -0.2) is 0 Å². The highest BCUT2D eigenvalue weighted by molar-refractivity contribution is 9.10. The Balaban J connectivity index is 2.44. The third-order valence-corrected chi connectivity index (χ3v) is 4.19. The van der Waals surface area contributed by atoms with Crippen molar-refractivity contribution in [2.75, 3.05) is 32.6 Å². The van der Waals surface area contributed by atoms with Crippen molar-refractivity contribution in [3.8, 4) is 0 Å². The van der Waals surface area contributed by atoms with Gasteiger partial charge >= 0.3 is 5.97 Å². The minimum Gasteiger partial charge on any atom is -0.465 e. The number of rotatable bonds is 9. The van der Waals surface area contributed by atoms with Crippen molar-refractivity contribution in [2.45, 2.75) is 18.4 Å². The van der Waals surface area contributed by atoms with Gasteiger partial charge in [0.25, 0.3) is 0 Å². The first-order chi connectivity index (χ1) is 9.67. The largest absolute Gasteiger partial charge is 0.465 e. The maximum Gasteiger partial charge on any atom is 0.316 e. The summed E-state index contributed by atoms with van der Waals surface area (Å²) in [7, 11) is 1.69. The van der Waals surface area contributed by atoms with Crippen LogP contribution in [-0.4, -0.2) is 38.6 Å². The Bertz CT molecular complexity index is 429. The highest BCUT2D eigenvalue weighted by atomic mass is 79.9. The van der Waals surface area contributed by atoms with Crippen molar-refractivity contribution < 1.29 is 14.3 Å². The zero-order chi connectivity index (χ0) is 14.8. The number of carbonyl (C=O) groups excluding carboxylic acids is 1. The Labute approximate surface area is 132 Å². The van der Waals surface area contributed by atoms with Crippen LogP contribution in [0.4, 0.5) is 0 Å². The van der Waals surface area contributed by atoms with Crippen LogP contribution < -0.4 is 5.32 Å². The van der Waals surface area contributed by atoms with Gasteiger partial charge < -0.3 is 14.8 Å². The van der Waals surface area contributed by atoms with E-state index in [1.54, 1.807) is 7.11 Å². The molecule has 0 heterocycles. The third kappa shape index (κ3) is 6.74. The summed E-state index contributed by atoms with van der Waals surface area (Å²) < 4.78 is 10.9. The average molecular weight is 362 g/mol. The first kappa shape index (κ1) is 17.5. The van der Waals surface area contributed by atoms with Crippen molar-refractivity contribution >= 4 is 33.7 Å². The van der Waals surface area contributed by atoms with Crippen LogP contribution in [0.3, 0.4) is 0 Å². The second-order valence-corrected chi connectivity index (χ2v) is 5.92. The summed E-state index contributed by atoms with van der Waals surface area (Å²) in [4.78, 5) is 12.3. The van der Waals surface area contributed by atoms with Crippen LogP contribution in [0.5, 0.6) is 0 Å². The fourth-order valence-corrected chi connectivity index (χ4v) is 2.91. The van der Waals surface area contributed by atoms with Crippen LogP contribution in [0.15, 0.2) is 27.6 Å². The molecule has 0 aromatic heterocycles. The molecule has 4 nitrogen and oxygen atoms in total. The van der Waals surface area contributed by atoms with E-state index < -0.39 is 0 Å². The van der Waals surface area contributed by atoms with Crippen LogP contribution in [0.1, 0.15) is 12.5 Å². The number of benzene rings is 1. The van der Waals surface area contributed by atoms with Gasteiger partial charge in [-0.1, -0.05) is 22.0 Å². The van der Waals surface area contributed by atoms with Crippen molar-refractivity contribution in [3.63, 3.8) is 0 Å². The molecule has 0 fully saturated rings. The molecule has 0 aliphatic rings. The lowest BCUT2D eigenvalue weighted by Gasteiger charge is -2.08. The fourth-order valence-electron chi connectivity index (χ4n) is 1.50. The summed E-state index contributed by atoms with van der Waals surface area (Å²) >= 11 is 5.03. The fraction of sp³-hybridized carbons (Fsp3) is 0.500. The minimum atomic E-state index is -0.182. The van der Waals surface area contributed by atoms with E-state index in [1.165, 1.54) is 17.3 Å². The second-order valence-electron chi connectivity index (χ2n) is 4.02. The van der Waals surface area contributed by atoms with E-state index in [0.717, 1.165) is 22.5 Å². The molecule has 0 radical (unpaired) electrons. The van der Waals surface area contributed by atoms with Crippen molar-refractivity contribution in [3.05, 3.63) is 28.2 Å². The standard InChI is InChI=1S/C14H20BrNO3S/c1-3-19-14(17)10-20-12-5-4-11(13(15)8-12)9-16-6-7-18-2/h4-5,8,16H,3,6-7,9-10H2,1-2H3. The van der Waals surface area contributed by atoms with Crippen LogP contribution in [0.25, 0.3) is 0 Å². The summed E-state index contributed by atoms with van der Waals surface area (Å²) in [6.07, 6.45) is 0. The lowest BCUT2D eigenvalue weighted by atomic mass is 10.2. The van der Waals surface area contributed by atoms with E-state index in [9.17, 15) is 4.79 Å². The molecule has 6 heteroatoms. The number of hydrogen-bond acceptors (Lipinski definition) is 5. The van der Waals surface area contributed by atoms with Gasteiger partial charge in [-0.05, 0) is 24.6 Å². The number of halogens is 1. The lowest BCUT2D eigenvalue weighted by molar-refractivity contribution is -0.139. The minimum absolute atomic E-state index is 0.182. The van der Waals surface area contributed by atoms with Gasteiger partial charge in [0.1, 0.15) is 0 Å². The van der Waals surface area contributed by atoms with E-state index in [1.807, 2.05) is 19.1 Å². The quantitative estimate of drug-likeness (QED) is 0.416. The smallest absolute Gasteiger partial charge is 0.316 e. The maximum atomic E-state index is 11.3. The molecule has 0 atom stereocenters. The van der Waals surface area contributed by atoms with E-state index in [4.69, 9.17) is 9.47 Å². The molecule has 1 aromatic carbocycles. The number of thioether (sulfide) groups is 1. The molecule has 0 saturated heterocycles. The summed E-state index contributed by atoms with van der Waals surface area (Å²) in [5.41, 5.74) is 1.18. The van der Waals surface area contributed by atoms with E-state index in [2.05, 4.69) is 27.3 Å². The number of nitrogens with one attached hydrogen (secondary N) is 1. The molecule has 0 spiro atoms. The van der Waals surface area contributed by atoms with Crippen molar-refractivity contribution in [1.82, 2.24) is 5.32 Å². The zero-order valence-corrected chi connectivity index (χ0v) is 14.2. The number of esters is 1. The Hall–Kier alpha value is -0.560. The predicted molar refractivity (Wildman–Crippen MR) is 85.1 cm³/mol. The summed E-state index contributed by atoms with van der Waals surface area (Å²) in [5, 5.41) is 3.29. The average Bonchev–Trinajstić information content (AvgIpc) is 2.43. The van der Waals surface area contributed by atoms with Gasteiger partial charge in [-0.2, -0.15) is 0 Å². The Morgan fingerprint density at radius 2 is 2.25 bits per heavy atom. The molecular weight excluding hydrogens is 342 g/mol. The van der Waals surface area contributed by atoms with E-state index in [-0.39, 0.29) is 5.97 Å². The number of hydrogen-bond donors (Lipinski definition) is 1. The molecule has 112 valence electrons. The molecule has 0 amide bonds. The molecule has 20 heavy (non-hydrogen) atoms. The van der Waals surface area contributed by atoms with Crippen LogP contribution in [0, 0.1) is 0 Å². The molecule has 0 aliphatic heterocycles. The molecule has 1 aromatic rings. The van der Waals surface area contributed by atoms with Gasteiger partial charge in [0, 0.05) is 29.6 Å². The molecule has 0 bridgehead atoms. The van der Waals surface area contributed by atoms with Gasteiger partial charge in [-0.15, -0.1) is 11.8 Å². The second kappa shape index (κ2) is 10.2. The van der Waals surface area contributed by atoms with Gasteiger partial charge in [-0.3, -0.25) is 4.79 Å². The molecule has 0 aliphatic carbocycles. The predicted octanol–water partition coefficient (Wildman–Crippen LogP) is 2.84. The highest BCUT2D eigenvalue weighted by Crippen LogP contribution is 2.25. The van der Waals surface area contributed by atoms with E-state index >= 15 is 0 Å². The molecule has 0 unspecified atom stereocenters. The highest BCUT2D eigenvalue weighted by Gasteiger charge is 2.05. The van der Waals surface area contributed by atoms with Crippen LogP contribution in [0.2, 0.25) is 0 Å². The number of methoxy groups -OCH3 is 1. The number of ether oxygens (including phenoxy) is 2. The van der Waals surface area contributed by atoms with Crippen LogP contribution in [-0.2, 0) is 20.8 Å². The molecule has 1 rings (SSSR count). The maximum absolute atomic E-state index is 11.3. The third-order valence-electron chi connectivity index (χ3n) is 2.48. The molecular formula is C14H20BrNO3S. The molecule has 0 saturated carbocycles. The summed E-state index contributed by atoms with van der Waals surface area (Å²) in [6, 6.07) is 6.09. The Morgan fingerprint density at radius 1 is 1.45 bits per heavy atom. The van der Waals surface area contributed by atoms with Gasteiger partial charge in [0.05, 0.1) is 19.0 Å². The first-order valence-electron chi connectivity index (χ1n) is 6.43. The first-order valence-corrected chi connectivity index (χ1v) is 8.21. The van der Waals surface area contributed by atoms with E-state index in [0.29, 0.717) is 19.0 Å². The number of carbonyl (C=O) groups is 1. The lowest BCUT2D eigenvalue weighted by Crippen LogP contribution is -2.18. The van der Waals surface area contributed by atoms with Crippen LogP contribution >= 0.6 is 27.7 Å². The van der Waals surface area contributed by atoms with Crippen molar-refractivity contribution in [2.24, 2.45) is 0 Å².